The molecular weight excluding hydrogens is 133 g/mol. The first-order chi connectivity index (χ1) is 1.00. The molecule has 0 unspecified atom stereocenters. The van der Waals surface area contributed by atoms with Crippen LogP contribution in [0.1, 0.15) is 0 Å². The molecule has 0 heterocycles. The van der Waals surface area contributed by atoms with Crippen molar-refractivity contribution in [1.29, 1.82) is 0 Å². The van der Waals surface area contributed by atoms with Crippen molar-refractivity contribution in [1.82, 2.24) is 0 Å². The number of hydrogen-bond donors (Lipinski definition) is 1. The van der Waals surface area contributed by atoms with E-state index < -0.39 is 0 Å². The molecule has 0 aliphatic carbocycles. The van der Waals surface area contributed by atoms with E-state index in [1.807, 2.05) is 0 Å². The molecule has 0 atom stereocenters. The summed E-state index contributed by atoms with van der Waals surface area (Å²) in [5, 5.41) is 0. The van der Waals surface area contributed by atoms with Crippen molar-refractivity contribution >= 4 is 24.8 Å². The average Bonchev–Trinajstić information content (AvgIpc) is 1.00. The molecule has 27 valence electrons. The van der Waals surface area contributed by atoms with Gasteiger partial charge in [0, 0.05) is 0 Å². The Morgan fingerprint density at radius 3 is 1.00 bits per heavy atom. The van der Waals surface area contributed by atoms with Crippen molar-refractivity contribution in [3.05, 3.63) is 0 Å². The van der Waals surface area contributed by atoms with Crippen LogP contribution in [0.5, 0.6) is 0 Å². The first kappa shape index (κ1) is 18.7. The third-order valence-corrected chi connectivity index (χ3v) is 0. The van der Waals surface area contributed by atoms with Crippen molar-refractivity contribution in [3.8, 4) is 0 Å². The van der Waals surface area contributed by atoms with Crippen molar-refractivity contribution in [2.45, 2.75) is 0 Å². The fourth-order valence-electron chi connectivity index (χ4n) is 0. The summed E-state index contributed by atoms with van der Waals surface area (Å²) in [6.07, 6.45) is 0. The van der Waals surface area contributed by atoms with Crippen molar-refractivity contribution in [3.63, 3.8) is 0 Å². The summed E-state index contributed by atoms with van der Waals surface area (Å²) in [6.45, 7) is 0. The van der Waals surface area contributed by atoms with Gasteiger partial charge in [-0.2, -0.15) is 0 Å². The van der Waals surface area contributed by atoms with Gasteiger partial charge < -0.3 is 0 Å². The zero-order valence-corrected chi connectivity index (χ0v) is 5.09. The van der Waals surface area contributed by atoms with E-state index >= 15 is 0 Å². The molecule has 0 amide bonds. The monoisotopic (exact) mass is 136 g/mol. The van der Waals surface area contributed by atoms with Crippen LogP contribution >= 0.6 is 24.8 Å². The molecule has 0 aromatic rings. The van der Waals surface area contributed by atoms with Crippen LogP contribution < -0.4 is 4.22 Å². The minimum absolute atomic E-state index is 0. The summed E-state index contributed by atoms with van der Waals surface area (Å²) in [5.74, 6) is 0. The summed E-state index contributed by atoms with van der Waals surface area (Å²) in [7, 11) is 0. The van der Waals surface area contributed by atoms with Gasteiger partial charge >= 0.3 is 24.9 Å². The van der Waals surface area contributed by atoms with E-state index in [-0.39, 0.29) is 24.8 Å². The molecule has 0 saturated heterocycles. The van der Waals surface area contributed by atoms with E-state index in [0.717, 1.165) is 0 Å². The molecule has 0 rings (SSSR count). The van der Waals surface area contributed by atoms with Crippen molar-refractivity contribution < 1.29 is 20.7 Å². The fourth-order valence-corrected chi connectivity index (χ4v) is 0. The van der Waals surface area contributed by atoms with Gasteiger partial charge in [-0.25, -0.2) is 0 Å². The normalized spacial score (nSPS) is 1.00. The quantitative estimate of drug-likeness (QED) is 0.475. The molecule has 0 bridgehead atoms. The van der Waals surface area contributed by atoms with Gasteiger partial charge in [-0.15, -0.1) is 24.8 Å². The Balaban J connectivity index is -0.00000000500. The van der Waals surface area contributed by atoms with Gasteiger partial charge in [0.05, 0.1) is 0 Å². The summed E-state index contributed by atoms with van der Waals surface area (Å²) in [6, 6.07) is 0. The third kappa shape index (κ3) is 10.5. The van der Waals surface area contributed by atoms with Crippen LogP contribution in [0.4, 0.5) is 0 Å². The molecule has 0 radical (unpaired) electrons. The molecule has 0 saturated carbocycles. The summed E-state index contributed by atoms with van der Waals surface area (Å²) in [4.78, 5) is 0. The fraction of sp³-hybridized carbons (Fsp3) is 0. The Morgan fingerprint density at radius 1 is 1.00 bits per heavy atom. The molecular formula is H4Cl2NTi. The van der Waals surface area contributed by atoms with Crippen LogP contribution in [0.25, 0.3) is 0 Å². The molecule has 4 heteroatoms. The SMILES string of the molecule is Cl.Cl.[NH2][Ti]. The third-order valence-electron chi connectivity index (χ3n) is 0. The van der Waals surface area contributed by atoms with Crippen LogP contribution in [0.15, 0.2) is 0 Å². The molecule has 0 spiro atoms. The summed E-state index contributed by atoms with van der Waals surface area (Å²) < 4.78 is 4.50. The second kappa shape index (κ2) is 28.6. The Labute approximate surface area is 49.9 Å². The zero-order valence-electron chi connectivity index (χ0n) is 1.89. The first-order valence-corrected chi connectivity index (χ1v) is 1.19. The van der Waals surface area contributed by atoms with Gasteiger partial charge in [-0.05, 0) is 0 Å². The molecule has 0 fully saturated rings. The predicted octanol–water partition coefficient (Wildman–Crippen LogP) is 0.251. The van der Waals surface area contributed by atoms with E-state index in [4.69, 9.17) is 0 Å². The van der Waals surface area contributed by atoms with Crippen LogP contribution in [0.2, 0.25) is 0 Å². The van der Waals surface area contributed by atoms with E-state index in [1.54, 1.807) is 0 Å². The van der Waals surface area contributed by atoms with Gasteiger partial charge in [-0.3, -0.25) is 0 Å². The van der Waals surface area contributed by atoms with Gasteiger partial charge in [0.1, 0.15) is 0 Å². The van der Waals surface area contributed by atoms with Crippen LogP contribution in [0, 0.1) is 0 Å². The second-order valence-electron chi connectivity index (χ2n) is 0. The average molecular weight is 137 g/mol. The molecule has 2 N–H and O–H groups in total. The Morgan fingerprint density at radius 2 is 1.00 bits per heavy atom. The van der Waals surface area contributed by atoms with E-state index in [0.29, 0.717) is 0 Å². The Hall–Kier alpha value is 1.25. The van der Waals surface area contributed by atoms with Crippen molar-refractivity contribution in [2.75, 3.05) is 0 Å². The van der Waals surface area contributed by atoms with E-state index in [1.165, 1.54) is 20.7 Å². The molecule has 0 aliphatic heterocycles. The molecule has 1 nitrogen and oxygen atoms in total. The molecule has 4 heavy (non-hydrogen) atoms. The summed E-state index contributed by atoms with van der Waals surface area (Å²) >= 11 is 1.50. The standard InChI is InChI=1S/2ClH.H2N.Ti/h2*1H;1H2;/q;;-1;+1. The van der Waals surface area contributed by atoms with Crippen LogP contribution in [-0.2, 0) is 20.7 Å². The van der Waals surface area contributed by atoms with E-state index in [9.17, 15) is 0 Å². The van der Waals surface area contributed by atoms with Gasteiger partial charge in [0.15, 0.2) is 0 Å². The Bertz CT molecular complexity index is 6.00. The minimum atomic E-state index is 0. The van der Waals surface area contributed by atoms with Gasteiger partial charge in [0.25, 0.3) is 0 Å². The predicted molar refractivity (Wildman–Crippen MR) is 18.7 cm³/mol. The number of halogens is 2. The number of nitrogens with two attached hydrogens (primary N) is 1. The maximum atomic E-state index is 4.50. The van der Waals surface area contributed by atoms with Crippen molar-refractivity contribution in [2.24, 2.45) is 4.22 Å². The van der Waals surface area contributed by atoms with Gasteiger partial charge in [0.2, 0.25) is 0 Å². The van der Waals surface area contributed by atoms with E-state index in [2.05, 4.69) is 4.22 Å². The molecule has 0 aromatic heterocycles. The molecule has 0 aromatic carbocycles. The van der Waals surface area contributed by atoms with Crippen LogP contribution in [0.3, 0.4) is 0 Å². The zero-order chi connectivity index (χ0) is 2.00. The first-order valence-electron chi connectivity index (χ1n) is 0.289. The second-order valence-corrected chi connectivity index (χ2v) is 0. The molecule has 0 aliphatic rings. The maximum absolute atomic E-state index is 4.50. The van der Waals surface area contributed by atoms with Gasteiger partial charge in [-0.1, -0.05) is 0 Å². The number of hydrogen-bond acceptors (Lipinski definition) is 1. The Kier molecular flexibility index (Phi) is 134. The topological polar surface area (TPSA) is 26.0 Å². The van der Waals surface area contributed by atoms with Crippen LogP contribution in [-0.4, -0.2) is 0 Å². The number of rotatable bonds is 0. The summed E-state index contributed by atoms with van der Waals surface area (Å²) in [5.41, 5.74) is 0.